The van der Waals surface area contributed by atoms with Gasteiger partial charge in [0.15, 0.2) is 15.0 Å². The number of halogens is 1. The molecule has 2 fully saturated rings. The number of fused-ring (bicyclic) bond motifs is 1. The van der Waals surface area contributed by atoms with Gasteiger partial charge in [-0.1, -0.05) is 23.9 Å². The smallest absolute Gasteiger partial charge is 0.262 e. The molecule has 0 aliphatic carbocycles. The summed E-state index contributed by atoms with van der Waals surface area (Å²) < 4.78 is 36.8. The Labute approximate surface area is 143 Å². The van der Waals surface area contributed by atoms with Gasteiger partial charge in [0, 0.05) is 11.8 Å². The Balaban J connectivity index is 1.88. The molecule has 1 amide bonds. The summed E-state index contributed by atoms with van der Waals surface area (Å²) in [6, 6.07) is 7.39. The van der Waals surface area contributed by atoms with Gasteiger partial charge in [0.05, 0.1) is 23.6 Å². The maximum atomic E-state index is 13.1. The van der Waals surface area contributed by atoms with Crippen molar-refractivity contribution in [3.63, 3.8) is 0 Å². The predicted molar refractivity (Wildman–Crippen MR) is 88.4 cm³/mol. The molecule has 2 atom stereocenters. The third-order valence-corrected chi connectivity index (χ3v) is 7.14. The SMILES string of the molecule is N#CCC(=O)N=C1SC2CS(=O)(=O)CC2N1Cc1ccc(F)cc1. The van der Waals surface area contributed by atoms with Gasteiger partial charge in [-0.2, -0.15) is 10.3 Å². The van der Waals surface area contributed by atoms with E-state index >= 15 is 0 Å². The number of thioether (sulfide) groups is 1. The monoisotopic (exact) mass is 367 g/mol. The summed E-state index contributed by atoms with van der Waals surface area (Å²) in [6.45, 7) is 0.336. The van der Waals surface area contributed by atoms with Crippen LogP contribution >= 0.6 is 11.8 Å². The fourth-order valence-corrected chi connectivity index (χ4v) is 6.79. The third kappa shape index (κ3) is 3.60. The van der Waals surface area contributed by atoms with Gasteiger partial charge in [-0.15, -0.1) is 0 Å². The zero-order valence-corrected chi connectivity index (χ0v) is 14.2. The van der Waals surface area contributed by atoms with Gasteiger partial charge in [-0.3, -0.25) is 4.79 Å². The molecule has 6 nitrogen and oxygen atoms in total. The van der Waals surface area contributed by atoms with Crippen molar-refractivity contribution in [2.24, 2.45) is 4.99 Å². The van der Waals surface area contributed by atoms with Crippen molar-refractivity contribution in [1.82, 2.24) is 4.90 Å². The van der Waals surface area contributed by atoms with Gasteiger partial charge < -0.3 is 4.90 Å². The third-order valence-electron chi connectivity index (χ3n) is 3.89. The Morgan fingerprint density at radius 1 is 1.38 bits per heavy atom. The van der Waals surface area contributed by atoms with Gasteiger partial charge in [-0.25, -0.2) is 12.8 Å². The van der Waals surface area contributed by atoms with Crippen molar-refractivity contribution in [3.05, 3.63) is 35.6 Å². The Morgan fingerprint density at radius 3 is 2.75 bits per heavy atom. The molecule has 1 aromatic rings. The number of rotatable bonds is 3. The average Bonchev–Trinajstić information content (AvgIpc) is 2.95. The first-order valence-electron chi connectivity index (χ1n) is 7.24. The van der Waals surface area contributed by atoms with Gasteiger partial charge >= 0.3 is 0 Å². The molecule has 2 aliphatic rings. The maximum absolute atomic E-state index is 13.1. The van der Waals surface area contributed by atoms with E-state index in [9.17, 15) is 17.6 Å². The minimum atomic E-state index is -3.11. The highest BCUT2D eigenvalue weighted by Crippen LogP contribution is 2.39. The fourth-order valence-electron chi connectivity index (χ4n) is 2.82. The van der Waals surface area contributed by atoms with Crippen LogP contribution in [0.3, 0.4) is 0 Å². The van der Waals surface area contributed by atoms with E-state index in [0.717, 1.165) is 5.56 Å². The average molecular weight is 367 g/mol. The zero-order valence-electron chi connectivity index (χ0n) is 12.6. The Hall–Kier alpha value is -1.92. The van der Waals surface area contributed by atoms with Crippen molar-refractivity contribution >= 4 is 32.7 Å². The first kappa shape index (κ1) is 16.9. The first-order chi connectivity index (χ1) is 11.4. The molecule has 3 rings (SSSR count). The second-order valence-electron chi connectivity index (χ2n) is 5.68. The Morgan fingerprint density at radius 2 is 2.08 bits per heavy atom. The molecule has 24 heavy (non-hydrogen) atoms. The lowest BCUT2D eigenvalue weighted by molar-refractivity contribution is -0.116. The summed E-state index contributed by atoms with van der Waals surface area (Å²) in [4.78, 5) is 17.4. The topological polar surface area (TPSA) is 90.6 Å². The lowest BCUT2D eigenvalue weighted by atomic mass is 10.1. The summed E-state index contributed by atoms with van der Waals surface area (Å²) in [5, 5.41) is 8.85. The molecule has 0 bridgehead atoms. The van der Waals surface area contributed by atoms with Crippen LogP contribution in [0.2, 0.25) is 0 Å². The standard InChI is InChI=1S/C15H14FN3O3S2/c16-11-3-1-10(2-4-11)7-19-12-8-24(21,22)9-13(12)23-15(19)18-14(20)5-6-17/h1-4,12-13H,5,7-9H2. The highest BCUT2D eigenvalue weighted by Gasteiger charge is 2.48. The number of amides is 1. The van der Waals surface area contributed by atoms with Gasteiger partial charge in [0.1, 0.15) is 12.2 Å². The minimum Gasteiger partial charge on any atom is -0.342 e. The molecule has 0 radical (unpaired) electrons. The number of carbonyl (C=O) groups is 1. The van der Waals surface area contributed by atoms with E-state index < -0.39 is 15.7 Å². The summed E-state index contributed by atoms with van der Waals surface area (Å²) in [5.74, 6) is -0.841. The summed E-state index contributed by atoms with van der Waals surface area (Å²) >= 11 is 1.26. The molecule has 0 N–H and O–H groups in total. The molecule has 2 aliphatic heterocycles. The molecular weight excluding hydrogens is 353 g/mol. The van der Waals surface area contributed by atoms with E-state index in [1.54, 1.807) is 23.1 Å². The van der Waals surface area contributed by atoms with E-state index in [-0.39, 0.29) is 35.0 Å². The second kappa shape index (κ2) is 6.53. The molecule has 2 unspecified atom stereocenters. The van der Waals surface area contributed by atoms with Gasteiger partial charge in [-0.05, 0) is 17.7 Å². The first-order valence-corrected chi connectivity index (χ1v) is 9.95. The number of nitriles is 1. The van der Waals surface area contributed by atoms with Crippen LogP contribution in [0.5, 0.6) is 0 Å². The molecule has 0 aromatic heterocycles. The highest BCUT2D eigenvalue weighted by atomic mass is 32.2. The summed E-state index contributed by atoms with van der Waals surface area (Å²) in [7, 11) is -3.11. The number of carbonyl (C=O) groups excluding carboxylic acids is 1. The quantitative estimate of drug-likeness (QED) is 0.801. The van der Waals surface area contributed by atoms with Crippen LogP contribution in [0.15, 0.2) is 29.3 Å². The lowest BCUT2D eigenvalue weighted by Crippen LogP contribution is -2.37. The van der Waals surface area contributed by atoms with Crippen LogP contribution in [-0.4, -0.2) is 47.2 Å². The second-order valence-corrected chi connectivity index (χ2v) is 9.04. The molecule has 0 spiro atoms. The van der Waals surface area contributed by atoms with Gasteiger partial charge in [0.2, 0.25) is 0 Å². The van der Waals surface area contributed by atoms with Crippen LogP contribution in [-0.2, 0) is 21.2 Å². The van der Waals surface area contributed by atoms with E-state index in [0.29, 0.717) is 11.7 Å². The number of aliphatic imine (C=N–C) groups is 1. The molecule has 126 valence electrons. The van der Waals surface area contributed by atoms with E-state index in [1.165, 1.54) is 23.9 Å². The molecule has 0 saturated carbocycles. The summed E-state index contributed by atoms with van der Waals surface area (Å²) in [6.07, 6.45) is -0.317. The Kier molecular flexibility index (Phi) is 4.60. The normalized spacial score (nSPS) is 26.3. The minimum absolute atomic E-state index is 0.0112. The van der Waals surface area contributed by atoms with Gasteiger partial charge in [0.25, 0.3) is 5.91 Å². The molecule has 2 heterocycles. The van der Waals surface area contributed by atoms with Crippen LogP contribution in [0.1, 0.15) is 12.0 Å². The molecule has 9 heteroatoms. The number of benzene rings is 1. The summed E-state index contributed by atoms with van der Waals surface area (Å²) in [5.41, 5.74) is 0.794. The van der Waals surface area contributed by atoms with Crippen LogP contribution in [0.25, 0.3) is 0 Å². The van der Waals surface area contributed by atoms with E-state index in [4.69, 9.17) is 5.26 Å². The van der Waals surface area contributed by atoms with Crippen LogP contribution < -0.4 is 0 Å². The highest BCUT2D eigenvalue weighted by molar-refractivity contribution is 8.15. The molecule has 2 saturated heterocycles. The number of sulfone groups is 1. The van der Waals surface area contributed by atoms with E-state index in [1.807, 2.05) is 0 Å². The number of nitrogens with zero attached hydrogens (tertiary/aromatic N) is 3. The predicted octanol–water partition coefficient (Wildman–Crippen LogP) is 1.34. The fraction of sp³-hybridized carbons (Fsp3) is 0.400. The number of amidine groups is 1. The van der Waals surface area contributed by atoms with Crippen molar-refractivity contribution < 1.29 is 17.6 Å². The number of hydrogen-bond donors (Lipinski definition) is 0. The molecule has 1 aromatic carbocycles. The van der Waals surface area contributed by atoms with Crippen LogP contribution in [0.4, 0.5) is 4.39 Å². The largest absolute Gasteiger partial charge is 0.342 e. The van der Waals surface area contributed by atoms with Crippen molar-refractivity contribution in [3.8, 4) is 6.07 Å². The molecular formula is C15H14FN3O3S2. The number of hydrogen-bond acceptors (Lipinski definition) is 5. The van der Waals surface area contributed by atoms with E-state index in [2.05, 4.69) is 4.99 Å². The maximum Gasteiger partial charge on any atom is 0.262 e. The van der Waals surface area contributed by atoms with Crippen molar-refractivity contribution in [2.45, 2.75) is 24.3 Å². The zero-order chi connectivity index (χ0) is 17.3. The Bertz CT molecular complexity index is 831. The lowest BCUT2D eigenvalue weighted by Gasteiger charge is -2.24. The van der Waals surface area contributed by atoms with Crippen LogP contribution in [0, 0.1) is 17.1 Å². The van der Waals surface area contributed by atoms with Crippen molar-refractivity contribution in [2.75, 3.05) is 11.5 Å². The van der Waals surface area contributed by atoms with Crippen molar-refractivity contribution in [1.29, 1.82) is 5.26 Å².